The molecular weight excluding hydrogens is 515 g/mol. The number of halogens is 1. The van der Waals surface area contributed by atoms with Gasteiger partial charge in [-0.25, -0.2) is 9.98 Å². The second kappa shape index (κ2) is 13.5. The van der Waals surface area contributed by atoms with E-state index < -0.39 is 0 Å². The number of hydrogen-bond donors (Lipinski definition) is 1. The Morgan fingerprint density at radius 2 is 1.91 bits per heavy atom. The predicted molar refractivity (Wildman–Crippen MR) is 143 cm³/mol. The summed E-state index contributed by atoms with van der Waals surface area (Å²) in [6, 6.07) is 12.3. The van der Waals surface area contributed by atoms with Crippen molar-refractivity contribution in [2.75, 3.05) is 58.3 Å². The lowest BCUT2D eigenvalue weighted by Gasteiger charge is -2.34. The van der Waals surface area contributed by atoms with E-state index >= 15 is 0 Å². The van der Waals surface area contributed by atoms with Crippen molar-refractivity contribution in [1.29, 1.82) is 0 Å². The Morgan fingerprint density at radius 3 is 2.59 bits per heavy atom. The molecule has 0 unspecified atom stereocenters. The predicted octanol–water partition coefficient (Wildman–Crippen LogP) is 3.45. The van der Waals surface area contributed by atoms with Crippen molar-refractivity contribution >= 4 is 35.8 Å². The molecular formula is C24H37IN6O. The number of anilines is 1. The van der Waals surface area contributed by atoms with Crippen molar-refractivity contribution in [2.45, 2.75) is 26.9 Å². The van der Waals surface area contributed by atoms with Gasteiger partial charge in [0.15, 0.2) is 5.96 Å². The highest BCUT2D eigenvalue weighted by Crippen LogP contribution is 2.19. The van der Waals surface area contributed by atoms with Gasteiger partial charge in [-0.2, -0.15) is 0 Å². The molecule has 2 heterocycles. The highest BCUT2D eigenvalue weighted by molar-refractivity contribution is 14.0. The number of aliphatic imine (C=N–C) groups is 1. The molecule has 1 saturated heterocycles. The van der Waals surface area contributed by atoms with E-state index in [1.165, 1.54) is 5.56 Å². The molecule has 0 radical (unpaired) electrons. The Labute approximate surface area is 209 Å². The second-order valence-electron chi connectivity index (χ2n) is 7.78. The number of pyridine rings is 1. The zero-order valence-corrected chi connectivity index (χ0v) is 22.1. The Hall–Kier alpha value is -2.07. The molecule has 176 valence electrons. The van der Waals surface area contributed by atoms with Crippen LogP contribution in [0, 0.1) is 0 Å². The molecule has 1 aromatic heterocycles. The minimum absolute atomic E-state index is 0. The molecule has 32 heavy (non-hydrogen) atoms. The van der Waals surface area contributed by atoms with Crippen molar-refractivity contribution < 1.29 is 4.74 Å². The lowest BCUT2D eigenvalue weighted by atomic mass is 10.2. The Balaban J connectivity index is 0.00000363. The zero-order chi connectivity index (χ0) is 22.1. The van der Waals surface area contributed by atoms with Crippen molar-refractivity contribution in [2.24, 2.45) is 4.99 Å². The first-order valence-electron chi connectivity index (χ1n) is 11.2. The molecule has 1 N–H and O–H groups in total. The summed E-state index contributed by atoms with van der Waals surface area (Å²) in [7, 11) is 3.76. The van der Waals surface area contributed by atoms with Gasteiger partial charge in [0.1, 0.15) is 11.6 Å². The van der Waals surface area contributed by atoms with Crippen LogP contribution < -0.4 is 15.0 Å². The maximum atomic E-state index is 5.50. The van der Waals surface area contributed by atoms with Gasteiger partial charge in [-0.05, 0) is 37.2 Å². The number of methoxy groups -OCH3 is 1. The van der Waals surface area contributed by atoms with E-state index in [9.17, 15) is 0 Å². The van der Waals surface area contributed by atoms with E-state index in [0.29, 0.717) is 6.54 Å². The summed E-state index contributed by atoms with van der Waals surface area (Å²) in [6.45, 7) is 11.8. The quantitative estimate of drug-likeness (QED) is 0.308. The molecule has 0 spiro atoms. The van der Waals surface area contributed by atoms with Crippen LogP contribution in [0.2, 0.25) is 0 Å². The van der Waals surface area contributed by atoms with Crippen LogP contribution in [0.4, 0.5) is 5.82 Å². The molecule has 2 aromatic rings. The van der Waals surface area contributed by atoms with E-state index in [0.717, 1.165) is 68.9 Å². The van der Waals surface area contributed by atoms with E-state index in [1.807, 2.05) is 24.4 Å². The van der Waals surface area contributed by atoms with Crippen LogP contribution in [0.1, 0.15) is 25.0 Å². The smallest absolute Gasteiger partial charge is 0.194 e. The molecule has 0 atom stereocenters. The molecule has 8 heteroatoms. The van der Waals surface area contributed by atoms with E-state index in [2.05, 4.69) is 64.1 Å². The molecule has 0 bridgehead atoms. The average molecular weight is 553 g/mol. The third kappa shape index (κ3) is 7.23. The summed E-state index contributed by atoms with van der Waals surface area (Å²) < 4.78 is 5.50. The maximum absolute atomic E-state index is 5.50. The Kier molecular flexibility index (Phi) is 11.0. The fourth-order valence-corrected chi connectivity index (χ4v) is 3.82. The number of nitrogens with zero attached hydrogens (tertiary/aromatic N) is 5. The summed E-state index contributed by atoms with van der Waals surface area (Å²) >= 11 is 0. The van der Waals surface area contributed by atoms with Crippen molar-refractivity contribution in [3.63, 3.8) is 0 Å². The van der Waals surface area contributed by atoms with Crippen molar-refractivity contribution in [1.82, 2.24) is 20.1 Å². The van der Waals surface area contributed by atoms with E-state index in [4.69, 9.17) is 9.73 Å². The monoisotopic (exact) mass is 552 g/mol. The standard InChI is InChI=1S/C24H36N6O.HI/c1-5-25-24(28(3)19-21-9-7-8-10-22(21)31-4)27-18-20-11-12-26-23(17-20)30-15-13-29(6-2)14-16-30;/h7-12,17H,5-6,13-16,18-19H2,1-4H3,(H,25,27);1H. The first-order chi connectivity index (χ1) is 15.1. The maximum Gasteiger partial charge on any atom is 0.194 e. The fraction of sp³-hybridized carbons (Fsp3) is 0.500. The lowest BCUT2D eigenvalue weighted by molar-refractivity contribution is 0.270. The minimum atomic E-state index is 0. The third-order valence-corrected chi connectivity index (χ3v) is 5.66. The molecule has 1 aliphatic heterocycles. The first-order valence-corrected chi connectivity index (χ1v) is 11.2. The fourth-order valence-electron chi connectivity index (χ4n) is 3.82. The van der Waals surface area contributed by atoms with Crippen LogP contribution in [0.15, 0.2) is 47.6 Å². The van der Waals surface area contributed by atoms with Gasteiger partial charge in [0.25, 0.3) is 0 Å². The number of hydrogen-bond acceptors (Lipinski definition) is 5. The van der Waals surface area contributed by atoms with Crippen LogP contribution in [0.25, 0.3) is 0 Å². The normalized spacial score (nSPS) is 14.6. The number of para-hydroxylation sites is 1. The Bertz CT molecular complexity index is 854. The summed E-state index contributed by atoms with van der Waals surface area (Å²) in [5.74, 6) is 2.83. The van der Waals surface area contributed by atoms with Crippen LogP contribution in [-0.4, -0.2) is 74.2 Å². The van der Waals surface area contributed by atoms with Crippen molar-refractivity contribution in [3.8, 4) is 5.75 Å². The SMILES string of the molecule is CCNC(=NCc1ccnc(N2CCN(CC)CC2)c1)N(C)Cc1ccccc1OC.I. The minimum Gasteiger partial charge on any atom is -0.496 e. The largest absolute Gasteiger partial charge is 0.496 e. The van der Waals surface area contributed by atoms with Gasteiger partial charge < -0.3 is 24.8 Å². The van der Waals surface area contributed by atoms with E-state index in [1.54, 1.807) is 7.11 Å². The highest BCUT2D eigenvalue weighted by Gasteiger charge is 2.17. The van der Waals surface area contributed by atoms with E-state index in [-0.39, 0.29) is 24.0 Å². The molecule has 7 nitrogen and oxygen atoms in total. The number of guanidine groups is 1. The first kappa shape index (κ1) is 26.2. The lowest BCUT2D eigenvalue weighted by Crippen LogP contribution is -2.46. The number of aromatic nitrogens is 1. The van der Waals surface area contributed by atoms with Gasteiger partial charge in [0, 0.05) is 58.1 Å². The van der Waals surface area contributed by atoms with Gasteiger partial charge in [0.05, 0.1) is 13.7 Å². The van der Waals surface area contributed by atoms with Gasteiger partial charge in [-0.3, -0.25) is 0 Å². The summed E-state index contributed by atoms with van der Waals surface area (Å²) in [4.78, 5) is 16.5. The molecule has 1 aliphatic rings. The number of rotatable bonds is 8. The molecule has 0 saturated carbocycles. The third-order valence-electron chi connectivity index (χ3n) is 5.66. The number of nitrogens with one attached hydrogen (secondary N) is 1. The summed E-state index contributed by atoms with van der Waals surface area (Å²) in [5, 5.41) is 3.40. The van der Waals surface area contributed by atoms with Crippen molar-refractivity contribution in [3.05, 3.63) is 53.7 Å². The van der Waals surface area contributed by atoms with Crippen LogP contribution in [-0.2, 0) is 13.1 Å². The molecule has 1 fully saturated rings. The van der Waals surface area contributed by atoms with Gasteiger partial charge in [0.2, 0.25) is 0 Å². The highest BCUT2D eigenvalue weighted by atomic mass is 127. The van der Waals surface area contributed by atoms with Crippen LogP contribution in [0.3, 0.4) is 0 Å². The van der Waals surface area contributed by atoms with Gasteiger partial charge in [-0.15, -0.1) is 24.0 Å². The number of ether oxygens (including phenoxy) is 1. The molecule has 0 amide bonds. The molecule has 1 aromatic carbocycles. The Morgan fingerprint density at radius 1 is 1.16 bits per heavy atom. The zero-order valence-electron chi connectivity index (χ0n) is 19.8. The molecule has 0 aliphatic carbocycles. The number of piperazine rings is 1. The summed E-state index contributed by atoms with van der Waals surface area (Å²) in [5.41, 5.74) is 2.31. The van der Waals surface area contributed by atoms with Gasteiger partial charge >= 0.3 is 0 Å². The number of likely N-dealkylation sites (N-methyl/N-ethyl adjacent to an activating group) is 1. The van der Waals surface area contributed by atoms with Crippen LogP contribution >= 0.6 is 24.0 Å². The summed E-state index contributed by atoms with van der Waals surface area (Å²) in [6.07, 6.45) is 1.90. The second-order valence-corrected chi connectivity index (χ2v) is 7.78. The molecule has 3 rings (SSSR count). The van der Waals surface area contributed by atoms with Crippen LogP contribution in [0.5, 0.6) is 5.75 Å². The number of benzene rings is 1. The van der Waals surface area contributed by atoms with Gasteiger partial charge in [-0.1, -0.05) is 25.1 Å². The average Bonchev–Trinajstić information content (AvgIpc) is 2.82. The topological polar surface area (TPSA) is 56.2 Å².